The number of fused-ring (bicyclic) bond motifs is 1. The smallest absolute Gasteiger partial charge is 0.267 e. The van der Waals surface area contributed by atoms with Crippen LogP contribution in [-0.4, -0.2) is 43.2 Å². The monoisotopic (exact) mass is 572 g/mol. The maximum absolute atomic E-state index is 13.5. The Morgan fingerprint density at radius 2 is 1.78 bits per heavy atom. The molecule has 2 heterocycles. The first kappa shape index (κ1) is 27.6. The number of benzene rings is 3. The third-order valence-electron chi connectivity index (χ3n) is 6.25. The first-order valence-electron chi connectivity index (χ1n) is 12.7. The van der Waals surface area contributed by atoms with Gasteiger partial charge >= 0.3 is 0 Å². The molecule has 5 aromatic rings. The zero-order valence-electron chi connectivity index (χ0n) is 22.2. The quantitative estimate of drug-likeness (QED) is 0.212. The summed E-state index contributed by atoms with van der Waals surface area (Å²) in [4.78, 5) is 21.9. The lowest BCUT2D eigenvalue weighted by Gasteiger charge is -2.14. The minimum Gasteiger partial charge on any atom is -0.493 e. The molecule has 2 aromatic heterocycles. The van der Waals surface area contributed by atoms with Gasteiger partial charge in [0.2, 0.25) is 11.8 Å². The summed E-state index contributed by atoms with van der Waals surface area (Å²) in [5.41, 5.74) is 13.6. The van der Waals surface area contributed by atoms with Crippen LogP contribution in [0.5, 0.6) is 11.6 Å². The van der Waals surface area contributed by atoms with Crippen LogP contribution in [0, 0.1) is 0 Å². The molecule has 0 bridgehead atoms. The number of para-hydroxylation sites is 1. The number of sulfonamides is 1. The largest absolute Gasteiger partial charge is 0.493 e. The number of nitrogen functional groups attached to an aromatic ring is 1. The van der Waals surface area contributed by atoms with Crippen LogP contribution < -0.4 is 31.2 Å². The highest BCUT2D eigenvalue weighted by Crippen LogP contribution is 2.31. The van der Waals surface area contributed by atoms with Crippen molar-refractivity contribution in [2.45, 2.75) is 11.3 Å². The molecule has 5 rings (SSSR count). The molecule has 210 valence electrons. The lowest BCUT2D eigenvalue weighted by Crippen LogP contribution is -2.23. The Kier molecular flexibility index (Phi) is 7.86. The Balaban J connectivity index is 1.53. The number of nitrogens with one attached hydrogen (secondary N) is 1. The van der Waals surface area contributed by atoms with Crippen molar-refractivity contribution in [1.82, 2.24) is 14.5 Å². The first-order valence-corrected chi connectivity index (χ1v) is 14.2. The summed E-state index contributed by atoms with van der Waals surface area (Å²) in [6.07, 6.45) is 2.15. The number of nitrogens with two attached hydrogens (primary N) is 2. The van der Waals surface area contributed by atoms with Crippen LogP contribution in [0.2, 0.25) is 0 Å². The van der Waals surface area contributed by atoms with Crippen molar-refractivity contribution in [2.75, 3.05) is 30.7 Å². The first-order chi connectivity index (χ1) is 19.8. The average Bonchev–Trinajstić information content (AvgIpc) is 2.97. The number of rotatable bonds is 10. The summed E-state index contributed by atoms with van der Waals surface area (Å²) in [6, 6.07) is 22.0. The van der Waals surface area contributed by atoms with E-state index in [2.05, 4.69) is 14.7 Å². The topological polar surface area (TPSA) is 164 Å². The second kappa shape index (κ2) is 11.7. The third-order valence-corrected chi connectivity index (χ3v) is 7.62. The highest BCUT2D eigenvalue weighted by atomic mass is 32.2. The normalized spacial score (nSPS) is 11.4. The van der Waals surface area contributed by atoms with Crippen LogP contribution in [0.4, 0.5) is 11.6 Å². The van der Waals surface area contributed by atoms with Crippen molar-refractivity contribution >= 4 is 32.6 Å². The van der Waals surface area contributed by atoms with Crippen LogP contribution in [-0.2, 0) is 10.0 Å². The van der Waals surface area contributed by atoms with Crippen LogP contribution in [0.3, 0.4) is 0 Å². The Labute approximate surface area is 236 Å². The van der Waals surface area contributed by atoms with Gasteiger partial charge in [0.1, 0.15) is 10.6 Å². The third kappa shape index (κ3) is 5.83. The van der Waals surface area contributed by atoms with Crippen LogP contribution in [0.15, 0.2) is 94.7 Å². The van der Waals surface area contributed by atoms with E-state index in [1.54, 1.807) is 66.7 Å². The maximum atomic E-state index is 13.5. The molecule has 0 unspecified atom stereocenters. The van der Waals surface area contributed by atoms with E-state index in [0.717, 1.165) is 0 Å². The van der Waals surface area contributed by atoms with Crippen molar-refractivity contribution in [3.05, 3.63) is 95.4 Å². The molecule has 0 saturated carbocycles. The van der Waals surface area contributed by atoms with Gasteiger partial charge in [-0.1, -0.05) is 30.3 Å². The molecule has 0 aliphatic carbocycles. The molecule has 0 atom stereocenters. The van der Waals surface area contributed by atoms with Gasteiger partial charge in [0.05, 0.1) is 36.0 Å². The van der Waals surface area contributed by atoms with Gasteiger partial charge in [-0.15, -0.1) is 0 Å². The Morgan fingerprint density at radius 1 is 0.976 bits per heavy atom. The van der Waals surface area contributed by atoms with Crippen LogP contribution in [0.1, 0.15) is 6.42 Å². The maximum Gasteiger partial charge on any atom is 0.267 e. The zero-order valence-corrected chi connectivity index (χ0v) is 23.0. The van der Waals surface area contributed by atoms with E-state index >= 15 is 0 Å². The van der Waals surface area contributed by atoms with Crippen molar-refractivity contribution in [3.8, 4) is 28.4 Å². The predicted molar refractivity (Wildman–Crippen MR) is 158 cm³/mol. The molecular formula is C29H28N6O5S. The molecule has 41 heavy (non-hydrogen) atoms. The van der Waals surface area contributed by atoms with Crippen LogP contribution in [0.25, 0.3) is 27.7 Å². The fourth-order valence-electron chi connectivity index (χ4n) is 4.28. The predicted octanol–water partition coefficient (Wildman–Crippen LogP) is 3.57. The fourth-order valence-corrected chi connectivity index (χ4v) is 5.47. The molecule has 0 radical (unpaired) electrons. The minimum atomic E-state index is -4.14. The number of hydrogen-bond donors (Lipinski definition) is 3. The number of methoxy groups -OCH3 is 1. The summed E-state index contributed by atoms with van der Waals surface area (Å²) >= 11 is 0. The lowest BCUT2D eigenvalue weighted by atomic mass is 10.1. The second-order valence-corrected chi connectivity index (χ2v) is 10.7. The summed E-state index contributed by atoms with van der Waals surface area (Å²) in [5.74, 6) is 0.475. The van der Waals surface area contributed by atoms with Gasteiger partial charge in [-0.3, -0.25) is 9.52 Å². The zero-order chi connectivity index (χ0) is 29.0. The molecule has 12 heteroatoms. The molecule has 0 saturated heterocycles. The van der Waals surface area contributed by atoms with Gasteiger partial charge in [0, 0.05) is 17.8 Å². The van der Waals surface area contributed by atoms with E-state index in [4.69, 9.17) is 20.9 Å². The Hall–Kier alpha value is -4.94. The van der Waals surface area contributed by atoms with Gasteiger partial charge < -0.3 is 20.9 Å². The SMILES string of the molecule is COc1ncc(-c2ccc3nc(N)n(-c4ccccc4)c(=O)c3c2)cc1S(=O)(=O)Nc1cccc(OCCCN)c1. The van der Waals surface area contributed by atoms with Gasteiger partial charge in [0.25, 0.3) is 15.6 Å². The Bertz CT molecular complexity index is 1880. The van der Waals surface area contributed by atoms with E-state index in [1.165, 1.54) is 23.9 Å². The molecule has 0 amide bonds. The van der Waals surface area contributed by atoms with Crippen molar-refractivity contribution in [2.24, 2.45) is 5.73 Å². The molecule has 0 aliphatic rings. The average molecular weight is 573 g/mol. The number of pyridine rings is 1. The van der Waals surface area contributed by atoms with E-state index in [9.17, 15) is 13.2 Å². The standard InChI is InChI=1S/C29H28N6O5S/c1-39-27-26(41(37,38)34-21-7-5-10-23(17-21)40-14-6-13-30)16-20(18-32-27)19-11-12-25-24(15-19)28(36)35(29(31)33-25)22-8-3-2-4-9-22/h2-5,7-12,15-18,34H,6,13-14,30H2,1H3,(H2,31,33). The van der Waals surface area contributed by atoms with Crippen molar-refractivity contribution < 1.29 is 17.9 Å². The summed E-state index contributed by atoms with van der Waals surface area (Å²) in [6.45, 7) is 0.900. The molecule has 0 fully saturated rings. The van der Waals surface area contributed by atoms with E-state index in [0.29, 0.717) is 58.7 Å². The van der Waals surface area contributed by atoms with E-state index in [-0.39, 0.29) is 22.3 Å². The fraction of sp³-hybridized carbons (Fsp3) is 0.138. The molecule has 5 N–H and O–H groups in total. The second-order valence-electron chi connectivity index (χ2n) is 9.03. The highest BCUT2D eigenvalue weighted by Gasteiger charge is 2.23. The molecule has 11 nitrogen and oxygen atoms in total. The summed E-state index contributed by atoms with van der Waals surface area (Å²) in [7, 11) is -2.80. The highest BCUT2D eigenvalue weighted by molar-refractivity contribution is 7.92. The Morgan fingerprint density at radius 3 is 2.54 bits per heavy atom. The summed E-state index contributed by atoms with van der Waals surface area (Å²) < 4.78 is 41.7. The number of hydrogen-bond acceptors (Lipinski definition) is 9. The molecule has 3 aromatic carbocycles. The van der Waals surface area contributed by atoms with Crippen molar-refractivity contribution in [3.63, 3.8) is 0 Å². The number of anilines is 2. The molecular weight excluding hydrogens is 544 g/mol. The van der Waals surface area contributed by atoms with E-state index in [1.807, 2.05) is 6.07 Å². The molecule has 0 aliphatic heterocycles. The minimum absolute atomic E-state index is 0.0564. The number of ether oxygens (including phenoxy) is 2. The number of aromatic nitrogens is 3. The van der Waals surface area contributed by atoms with Gasteiger partial charge in [-0.05, 0) is 61.0 Å². The summed E-state index contributed by atoms with van der Waals surface area (Å²) in [5, 5.41) is 0.311. The van der Waals surface area contributed by atoms with Crippen molar-refractivity contribution in [1.29, 1.82) is 0 Å². The van der Waals surface area contributed by atoms with Crippen LogP contribution >= 0.6 is 0 Å². The van der Waals surface area contributed by atoms with Gasteiger partial charge in [-0.2, -0.15) is 0 Å². The lowest BCUT2D eigenvalue weighted by molar-refractivity contribution is 0.313. The molecule has 0 spiro atoms. The van der Waals surface area contributed by atoms with E-state index < -0.39 is 10.0 Å². The number of nitrogens with zero attached hydrogens (tertiary/aromatic N) is 3. The van der Waals surface area contributed by atoms with Gasteiger partial charge in [0.15, 0.2) is 0 Å². The van der Waals surface area contributed by atoms with Gasteiger partial charge in [-0.25, -0.2) is 23.0 Å².